The van der Waals surface area contributed by atoms with E-state index in [-0.39, 0.29) is 49.5 Å². The number of hydrogen-bond donors (Lipinski definition) is 3. The molecule has 6 atom stereocenters. The molecule has 3 saturated carbocycles. The molecular formula is C41H70N6O11. The molecule has 0 bridgehead atoms. The number of methoxy groups -OCH3 is 3. The summed E-state index contributed by atoms with van der Waals surface area (Å²) >= 11 is 0. The minimum absolute atomic E-state index is 0.200. The number of carbonyl (C=O) groups excluding carboxylic acids is 3. The van der Waals surface area contributed by atoms with Crippen molar-refractivity contribution in [3.05, 3.63) is 31.5 Å². The molecule has 1 aromatic heterocycles. The molecule has 330 valence electrons. The van der Waals surface area contributed by atoms with Crippen LogP contribution >= 0.6 is 0 Å². The summed E-state index contributed by atoms with van der Waals surface area (Å²) in [6, 6.07) is -1.80. The van der Waals surface area contributed by atoms with Gasteiger partial charge < -0.3 is 39.6 Å². The molecule has 3 N–H and O–H groups in total. The van der Waals surface area contributed by atoms with Crippen LogP contribution < -0.4 is 33.0 Å². The average molecular weight is 823 g/mol. The van der Waals surface area contributed by atoms with E-state index in [9.17, 15) is 14.4 Å². The first kappa shape index (κ1) is 46.8. The topological polar surface area (TPSA) is 199 Å². The normalized spacial score (nSPS) is 30.1. The van der Waals surface area contributed by atoms with E-state index in [2.05, 4.69) is 57.5 Å². The van der Waals surface area contributed by atoms with Crippen molar-refractivity contribution in [2.45, 2.75) is 138 Å². The number of rotatable bonds is 13. The molecule has 3 amide bonds. The van der Waals surface area contributed by atoms with E-state index in [0.717, 1.165) is 0 Å². The van der Waals surface area contributed by atoms with Crippen LogP contribution in [0.2, 0.25) is 0 Å². The number of nitrogens with zero attached hydrogens (tertiary/aromatic N) is 3. The van der Waals surface area contributed by atoms with Gasteiger partial charge in [0.2, 0.25) is 0 Å². The van der Waals surface area contributed by atoms with Crippen LogP contribution in [-0.2, 0) is 23.7 Å². The summed E-state index contributed by atoms with van der Waals surface area (Å²) in [5.41, 5.74) is -4.63. The van der Waals surface area contributed by atoms with E-state index in [1.165, 1.54) is 35.0 Å². The SMILES string of the molecule is COCOC(=O)NCC1(C)CC(n2c(=O)n(C3CC(C)(C)CC(C)(CNC(=O)OC)C3)c(=O)n(C3CC(C)(C)CC(C)(CNC(=O)OCOC)C3)c2=O)CC(C)(C)C1. The fraction of sp³-hybridized carbons (Fsp3) is 0.854. The van der Waals surface area contributed by atoms with Gasteiger partial charge in [0.1, 0.15) is 0 Å². The van der Waals surface area contributed by atoms with Crippen LogP contribution in [0.3, 0.4) is 0 Å². The first-order chi connectivity index (χ1) is 26.8. The van der Waals surface area contributed by atoms with Gasteiger partial charge in [-0.2, -0.15) is 0 Å². The van der Waals surface area contributed by atoms with Crippen molar-refractivity contribution in [3.8, 4) is 0 Å². The molecule has 0 aromatic carbocycles. The van der Waals surface area contributed by atoms with Crippen molar-refractivity contribution < 1.29 is 38.1 Å². The average Bonchev–Trinajstić information content (AvgIpc) is 3.08. The number of alkyl carbamates (subject to hydrolysis) is 3. The highest BCUT2D eigenvalue weighted by atomic mass is 16.7. The second-order valence-electron chi connectivity index (χ2n) is 20.8. The Morgan fingerprint density at radius 1 is 0.500 bits per heavy atom. The van der Waals surface area contributed by atoms with E-state index in [1.54, 1.807) is 0 Å². The minimum atomic E-state index is -0.661. The van der Waals surface area contributed by atoms with Gasteiger partial charge in [0.05, 0.1) is 7.11 Å². The van der Waals surface area contributed by atoms with Crippen molar-refractivity contribution in [3.63, 3.8) is 0 Å². The third-order valence-electron chi connectivity index (χ3n) is 12.4. The van der Waals surface area contributed by atoms with Crippen LogP contribution in [-0.4, -0.2) is 86.5 Å². The Labute approximate surface area is 342 Å². The molecule has 6 unspecified atom stereocenters. The Balaban J connectivity index is 1.90. The summed E-state index contributed by atoms with van der Waals surface area (Å²) in [6.45, 7) is 19.0. The molecule has 0 saturated heterocycles. The van der Waals surface area contributed by atoms with Crippen molar-refractivity contribution in [1.29, 1.82) is 0 Å². The third-order valence-corrected chi connectivity index (χ3v) is 12.4. The largest absolute Gasteiger partial charge is 0.453 e. The molecule has 3 aliphatic rings. The maximum absolute atomic E-state index is 15.2. The number of amides is 3. The number of ether oxygens (including phenoxy) is 5. The Hall–Kier alpha value is -3.86. The molecule has 1 heterocycles. The molecule has 4 rings (SSSR count). The van der Waals surface area contributed by atoms with Crippen molar-refractivity contribution in [2.75, 3.05) is 54.5 Å². The second-order valence-corrected chi connectivity index (χ2v) is 20.8. The van der Waals surface area contributed by atoms with Gasteiger partial charge in [-0.25, -0.2) is 42.5 Å². The van der Waals surface area contributed by atoms with Crippen molar-refractivity contribution in [2.24, 2.45) is 32.5 Å². The van der Waals surface area contributed by atoms with Crippen LogP contribution in [0.1, 0.15) is 138 Å². The van der Waals surface area contributed by atoms with Crippen LogP contribution in [0.25, 0.3) is 0 Å². The summed E-state index contributed by atoms with van der Waals surface area (Å²) in [5, 5.41) is 8.52. The van der Waals surface area contributed by atoms with E-state index >= 15 is 14.4 Å². The smallest absolute Gasteiger partial charge is 0.409 e. The maximum Gasteiger partial charge on any atom is 0.409 e. The zero-order valence-electron chi connectivity index (χ0n) is 37.0. The van der Waals surface area contributed by atoms with Crippen molar-refractivity contribution >= 4 is 18.3 Å². The quantitative estimate of drug-likeness (QED) is 0.169. The maximum atomic E-state index is 15.2. The fourth-order valence-corrected chi connectivity index (χ4v) is 11.5. The molecule has 1 aromatic rings. The Morgan fingerprint density at radius 2 is 0.776 bits per heavy atom. The van der Waals surface area contributed by atoms with E-state index in [0.29, 0.717) is 57.8 Å². The molecule has 0 radical (unpaired) electrons. The van der Waals surface area contributed by atoms with Crippen LogP contribution in [0, 0.1) is 32.5 Å². The second kappa shape index (κ2) is 17.8. The predicted octanol–water partition coefficient (Wildman–Crippen LogP) is 5.46. The van der Waals surface area contributed by atoms with Gasteiger partial charge in [-0.15, -0.1) is 0 Å². The van der Waals surface area contributed by atoms with E-state index in [4.69, 9.17) is 23.7 Å². The van der Waals surface area contributed by atoms with Crippen LogP contribution in [0.5, 0.6) is 0 Å². The molecule has 17 nitrogen and oxygen atoms in total. The number of aromatic nitrogens is 3. The predicted molar refractivity (Wildman–Crippen MR) is 217 cm³/mol. The van der Waals surface area contributed by atoms with Gasteiger partial charge in [-0.05, 0) is 90.3 Å². The number of hydrogen-bond acceptors (Lipinski definition) is 11. The summed E-state index contributed by atoms with van der Waals surface area (Å²) in [5.74, 6) is 0. The molecule has 0 spiro atoms. The van der Waals surface area contributed by atoms with Gasteiger partial charge in [0, 0.05) is 52.0 Å². The highest BCUT2D eigenvalue weighted by Crippen LogP contribution is 2.52. The summed E-state index contributed by atoms with van der Waals surface area (Å²) in [4.78, 5) is 82.7. The van der Waals surface area contributed by atoms with Gasteiger partial charge in [-0.3, -0.25) is 0 Å². The highest BCUT2D eigenvalue weighted by Gasteiger charge is 2.48. The molecule has 58 heavy (non-hydrogen) atoms. The molecular weight excluding hydrogens is 752 g/mol. The van der Waals surface area contributed by atoms with Crippen LogP contribution in [0.4, 0.5) is 14.4 Å². The first-order valence-electron chi connectivity index (χ1n) is 20.4. The fourth-order valence-electron chi connectivity index (χ4n) is 11.5. The lowest BCUT2D eigenvalue weighted by molar-refractivity contribution is 0.00564. The first-order valence-corrected chi connectivity index (χ1v) is 20.4. The zero-order chi connectivity index (χ0) is 43.5. The zero-order valence-corrected chi connectivity index (χ0v) is 37.0. The van der Waals surface area contributed by atoms with Gasteiger partial charge >= 0.3 is 35.3 Å². The lowest BCUT2D eigenvalue weighted by atomic mass is 9.62. The van der Waals surface area contributed by atoms with Gasteiger partial charge in [0.15, 0.2) is 13.6 Å². The van der Waals surface area contributed by atoms with Crippen molar-refractivity contribution in [1.82, 2.24) is 29.7 Å². The molecule has 3 aliphatic carbocycles. The van der Waals surface area contributed by atoms with Gasteiger partial charge in [0.25, 0.3) is 0 Å². The Bertz CT molecular complexity index is 1740. The molecule has 0 aliphatic heterocycles. The Kier molecular flexibility index (Phi) is 14.4. The number of nitrogens with one attached hydrogen (secondary N) is 3. The minimum Gasteiger partial charge on any atom is -0.453 e. The monoisotopic (exact) mass is 823 g/mol. The standard InChI is InChI=1S/C41H70N6O11/c1-36(2)13-27(16-39(7,19-36)22-42-30(48)56-12)45-33(51)46(28-14-37(3,4)20-40(8,17-28)23-43-31(49)57-25-54-10)35(53)47(34(45)52)29-15-38(5,6)21-41(9,18-29)24-44-32(50)58-26-55-11/h27-29H,13-26H2,1-12H3,(H,42,48)(H,43,49)(H,44,50). The van der Waals surface area contributed by atoms with Gasteiger partial charge in [-0.1, -0.05) is 62.3 Å². The highest BCUT2D eigenvalue weighted by molar-refractivity contribution is 5.67. The lowest BCUT2D eigenvalue weighted by Gasteiger charge is -2.49. The van der Waals surface area contributed by atoms with Crippen LogP contribution in [0.15, 0.2) is 14.4 Å². The molecule has 3 fully saturated rings. The van der Waals surface area contributed by atoms with E-state index in [1.807, 2.05) is 20.8 Å². The lowest BCUT2D eigenvalue weighted by Crippen LogP contribution is -2.61. The van der Waals surface area contributed by atoms with E-state index < -0.39 is 69.7 Å². The summed E-state index contributed by atoms with van der Waals surface area (Å²) < 4.78 is 28.7. The Morgan fingerprint density at radius 3 is 1.03 bits per heavy atom. The number of carbonyl (C=O) groups is 3. The summed E-state index contributed by atoms with van der Waals surface area (Å²) in [6.07, 6.45) is 2.91. The third kappa shape index (κ3) is 11.7. The molecule has 17 heteroatoms. The summed E-state index contributed by atoms with van der Waals surface area (Å²) in [7, 11) is 4.15.